The molecule has 1 N–H and O–H groups in total. The van der Waals surface area contributed by atoms with Crippen LogP contribution in [0.4, 0.5) is 10.1 Å². The molecule has 1 aliphatic rings. The van der Waals surface area contributed by atoms with Gasteiger partial charge in [0.15, 0.2) is 5.78 Å². The predicted molar refractivity (Wildman–Crippen MR) is 96.8 cm³/mol. The summed E-state index contributed by atoms with van der Waals surface area (Å²) >= 11 is 6.89. The lowest BCUT2D eigenvalue weighted by Gasteiger charge is -2.19. The summed E-state index contributed by atoms with van der Waals surface area (Å²) in [5.74, 6) is -1.24. The smallest absolute Gasteiger partial charge is 0.244 e. The summed E-state index contributed by atoms with van der Waals surface area (Å²) in [4.78, 5) is 37.6. The third kappa shape index (κ3) is 5.06. The van der Waals surface area contributed by atoms with Gasteiger partial charge in [-0.3, -0.25) is 19.3 Å². The molecule has 2 rings (SSSR count). The van der Waals surface area contributed by atoms with Gasteiger partial charge in [0.2, 0.25) is 11.8 Å². The van der Waals surface area contributed by atoms with E-state index in [-0.39, 0.29) is 29.0 Å². The lowest BCUT2D eigenvalue weighted by atomic mass is 9.91. The molecule has 0 saturated carbocycles. The number of nitrogens with zero attached hydrogens (tertiary/aromatic N) is 1. The molecule has 1 aromatic carbocycles. The first kappa shape index (κ1) is 19.5. The molecule has 1 saturated heterocycles. The van der Waals surface area contributed by atoms with Crippen molar-refractivity contribution in [3.63, 3.8) is 0 Å². The molecule has 1 fully saturated rings. The van der Waals surface area contributed by atoms with Crippen molar-refractivity contribution in [1.82, 2.24) is 4.90 Å². The Morgan fingerprint density at radius 1 is 1.40 bits per heavy atom. The highest BCUT2D eigenvalue weighted by atomic mass is 35.5. The minimum absolute atomic E-state index is 0.109. The normalized spacial score (nSPS) is 16.4. The monoisotopic (exact) mass is 384 g/mol. The second-order valence-electron chi connectivity index (χ2n) is 6.54. The van der Waals surface area contributed by atoms with Crippen LogP contribution >= 0.6 is 23.4 Å². The highest BCUT2D eigenvalue weighted by Gasteiger charge is 2.30. The zero-order valence-corrected chi connectivity index (χ0v) is 15.6. The molecule has 0 bridgehead atoms. The third-order valence-corrected chi connectivity index (χ3v) is 4.72. The van der Waals surface area contributed by atoms with Gasteiger partial charge in [0.05, 0.1) is 15.8 Å². The minimum atomic E-state index is -0.586. The van der Waals surface area contributed by atoms with Gasteiger partial charge >= 0.3 is 0 Å². The zero-order chi connectivity index (χ0) is 18.8. The molecule has 0 spiro atoms. The van der Waals surface area contributed by atoms with Crippen LogP contribution in [0.25, 0.3) is 0 Å². The molecule has 0 aromatic heterocycles. The maximum atomic E-state index is 13.1. The van der Waals surface area contributed by atoms with Gasteiger partial charge in [0.25, 0.3) is 0 Å². The van der Waals surface area contributed by atoms with E-state index in [2.05, 4.69) is 5.32 Å². The molecule has 8 heteroatoms. The Balaban J connectivity index is 2.09. The van der Waals surface area contributed by atoms with Crippen molar-refractivity contribution in [2.75, 3.05) is 17.6 Å². The summed E-state index contributed by atoms with van der Waals surface area (Å²) < 4.78 is 13.1. The number of carbonyl (C=O) groups is 3. The second-order valence-corrected chi connectivity index (χ2v) is 7.95. The van der Waals surface area contributed by atoms with E-state index in [1.165, 1.54) is 34.9 Å². The van der Waals surface area contributed by atoms with Gasteiger partial charge < -0.3 is 5.32 Å². The lowest BCUT2D eigenvalue weighted by Crippen LogP contribution is -2.34. The van der Waals surface area contributed by atoms with Crippen LogP contribution in [0, 0.1) is 11.2 Å². The fourth-order valence-electron chi connectivity index (χ4n) is 1.95. The summed E-state index contributed by atoms with van der Waals surface area (Å²) in [6.07, 6.45) is 1.40. The van der Waals surface area contributed by atoms with Gasteiger partial charge in [0, 0.05) is 17.2 Å². The quantitative estimate of drug-likeness (QED) is 0.807. The summed E-state index contributed by atoms with van der Waals surface area (Å²) in [5.41, 5.74) is -0.246. The molecule has 134 valence electrons. The fraction of sp³-hybridized carbons (Fsp3) is 0.353. The Kier molecular flexibility index (Phi) is 5.90. The number of rotatable bonds is 4. The Bertz CT molecular complexity index is 759. The topological polar surface area (TPSA) is 66.5 Å². The van der Waals surface area contributed by atoms with Gasteiger partial charge in [-0.05, 0) is 18.2 Å². The molecule has 25 heavy (non-hydrogen) atoms. The van der Waals surface area contributed by atoms with Gasteiger partial charge in [0.1, 0.15) is 12.4 Å². The summed E-state index contributed by atoms with van der Waals surface area (Å²) in [6.45, 7) is 5.11. The maximum absolute atomic E-state index is 13.1. The van der Waals surface area contributed by atoms with Crippen molar-refractivity contribution in [1.29, 1.82) is 0 Å². The molecule has 1 heterocycles. The molecule has 0 aliphatic carbocycles. The molecule has 1 aromatic rings. The Morgan fingerprint density at radius 2 is 2.08 bits per heavy atom. The number of allylic oxidation sites excluding steroid dienone is 1. The number of hydrogen-bond donors (Lipinski definition) is 1. The lowest BCUT2D eigenvalue weighted by molar-refractivity contribution is -0.129. The van der Waals surface area contributed by atoms with E-state index < -0.39 is 17.1 Å². The molecule has 5 nitrogen and oxygen atoms in total. The van der Waals surface area contributed by atoms with Gasteiger partial charge in [-0.1, -0.05) is 44.1 Å². The van der Waals surface area contributed by atoms with E-state index in [1.807, 2.05) is 0 Å². The van der Waals surface area contributed by atoms with E-state index in [4.69, 9.17) is 11.6 Å². The van der Waals surface area contributed by atoms with Crippen molar-refractivity contribution >= 4 is 46.6 Å². The highest BCUT2D eigenvalue weighted by molar-refractivity contribution is 8.04. The maximum Gasteiger partial charge on any atom is 0.244 e. The number of thioether (sulfide) groups is 1. The van der Waals surface area contributed by atoms with Gasteiger partial charge in [-0.2, -0.15) is 0 Å². The van der Waals surface area contributed by atoms with Crippen LogP contribution in [-0.4, -0.2) is 34.8 Å². The largest absolute Gasteiger partial charge is 0.324 e. The van der Waals surface area contributed by atoms with Crippen molar-refractivity contribution in [3.8, 4) is 0 Å². The zero-order valence-electron chi connectivity index (χ0n) is 14.1. The highest BCUT2D eigenvalue weighted by Crippen LogP contribution is 2.30. The van der Waals surface area contributed by atoms with Crippen molar-refractivity contribution in [3.05, 3.63) is 40.1 Å². The fourth-order valence-corrected chi connectivity index (χ4v) is 3.07. The van der Waals surface area contributed by atoms with Crippen LogP contribution in [0.2, 0.25) is 5.02 Å². The number of carbonyl (C=O) groups excluding carboxylic acids is 3. The molecule has 0 radical (unpaired) electrons. The van der Waals surface area contributed by atoms with Gasteiger partial charge in [-0.15, -0.1) is 0 Å². The first-order chi connectivity index (χ1) is 11.6. The third-order valence-electron chi connectivity index (χ3n) is 3.41. The average Bonchev–Trinajstić information content (AvgIpc) is 2.83. The molecule has 1 aliphatic heterocycles. The summed E-state index contributed by atoms with van der Waals surface area (Å²) in [7, 11) is 0. The molecule has 0 atom stereocenters. The SMILES string of the molecule is CC(C)(C)C(=O)/C=C1/SCC(=O)N1CC(=O)Nc1ccc(F)c(Cl)c1. The van der Waals surface area contributed by atoms with Crippen LogP contribution < -0.4 is 5.32 Å². The van der Waals surface area contributed by atoms with Crippen molar-refractivity contribution in [2.24, 2.45) is 5.41 Å². The Hall–Kier alpha value is -1.86. The molecule has 2 amide bonds. The van der Waals surface area contributed by atoms with Crippen LogP contribution in [0.1, 0.15) is 20.8 Å². The average molecular weight is 385 g/mol. The first-order valence-corrected chi connectivity index (χ1v) is 8.88. The van der Waals surface area contributed by atoms with E-state index >= 15 is 0 Å². The molecular weight excluding hydrogens is 367 g/mol. The Morgan fingerprint density at radius 3 is 2.68 bits per heavy atom. The van der Waals surface area contributed by atoms with Crippen LogP contribution in [-0.2, 0) is 14.4 Å². The van der Waals surface area contributed by atoms with E-state index in [0.29, 0.717) is 10.7 Å². The number of ketones is 1. The number of anilines is 1. The van der Waals surface area contributed by atoms with E-state index in [0.717, 1.165) is 6.07 Å². The number of benzene rings is 1. The van der Waals surface area contributed by atoms with Crippen LogP contribution in [0.5, 0.6) is 0 Å². The van der Waals surface area contributed by atoms with Crippen molar-refractivity contribution in [2.45, 2.75) is 20.8 Å². The first-order valence-electron chi connectivity index (χ1n) is 7.52. The standard InChI is InChI=1S/C17H18ClFN2O3S/c1-17(2,3)13(22)7-16-21(15(24)9-25-16)8-14(23)20-10-4-5-12(19)11(18)6-10/h4-7H,8-9H2,1-3H3,(H,20,23)/b16-7+. The number of amides is 2. The number of nitrogens with one attached hydrogen (secondary N) is 1. The number of hydrogen-bond acceptors (Lipinski definition) is 4. The van der Waals surface area contributed by atoms with Crippen LogP contribution in [0.3, 0.4) is 0 Å². The van der Waals surface area contributed by atoms with E-state index in [9.17, 15) is 18.8 Å². The molecular formula is C17H18ClFN2O3S. The predicted octanol–water partition coefficient (Wildman–Crippen LogP) is 3.45. The second kappa shape index (κ2) is 7.58. The molecule has 0 unspecified atom stereocenters. The van der Waals surface area contributed by atoms with Crippen molar-refractivity contribution < 1.29 is 18.8 Å². The number of halogens is 2. The van der Waals surface area contributed by atoms with Gasteiger partial charge in [-0.25, -0.2) is 4.39 Å². The minimum Gasteiger partial charge on any atom is -0.324 e. The van der Waals surface area contributed by atoms with Crippen LogP contribution in [0.15, 0.2) is 29.3 Å². The Labute approximate surface area is 154 Å². The summed E-state index contributed by atoms with van der Waals surface area (Å²) in [5, 5.41) is 2.90. The summed E-state index contributed by atoms with van der Waals surface area (Å²) in [6, 6.07) is 3.80. The van der Waals surface area contributed by atoms with E-state index in [1.54, 1.807) is 20.8 Å².